The van der Waals surface area contributed by atoms with Crippen molar-refractivity contribution >= 4 is 27.7 Å². The summed E-state index contributed by atoms with van der Waals surface area (Å²) < 4.78 is 3.27. The molecular formula is C26H33BrN4S. The molecule has 0 radical (unpaired) electrons. The van der Waals surface area contributed by atoms with Crippen molar-refractivity contribution in [3.63, 3.8) is 0 Å². The number of thioether (sulfide) groups is 1. The second-order valence-electron chi connectivity index (χ2n) is 9.71. The first-order valence-corrected chi connectivity index (χ1v) is 13.3. The number of nitrogens with zero attached hydrogens (tertiary/aromatic N) is 4. The Bertz CT molecular complexity index is 1020. The molecule has 170 valence electrons. The maximum atomic E-state index is 4.63. The van der Waals surface area contributed by atoms with Crippen LogP contribution in [0.3, 0.4) is 0 Å². The molecular weight excluding hydrogens is 480 g/mol. The van der Waals surface area contributed by atoms with E-state index in [4.69, 9.17) is 0 Å². The summed E-state index contributed by atoms with van der Waals surface area (Å²) in [5, 5.41) is 10.2. The van der Waals surface area contributed by atoms with Gasteiger partial charge in [-0.2, -0.15) is 0 Å². The van der Waals surface area contributed by atoms with E-state index in [0.29, 0.717) is 6.04 Å². The van der Waals surface area contributed by atoms with Crippen LogP contribution >= 0.6 is 27.7 Å². The van der Waals surface area contributed by atoms with Crippen LogP contribution in [0.4, 0.5) is 0 Å². The summed E-state index contributed by atoms with van der Waals surface area (Å²) in [5.74, 6) is 1.94. The van der Waals surface area contributed by atoms with Gasteiger partial charge < -0.3 is 4.90 Å². The fourth-order valence-corrected chi connectivity index (χ4v) is 5.54. The SMILES string of the molecule is CN1CCCC[C@H]1CCSc1nnc(-c2ccc(C(C)(C)C)cc2)n1-c1ccc(Br)cc1. The van der Waals surface area contributed by atoms with Crippen LogP contribution in [-0.2, 0) is 5.41 Å². The Balaban J connectivity index is 1.61. The lowest BCUT2D eigenvalue weighted by Crippen LogP contribution is -2.36. The summed E-state index contributed by atoms with van der Waals surface area (Å²) >= 11 is 5.37. The Hall–Kier alpha value is -1.63. The number of piperidine rings is 1. The predicted molar refractivity (Wildman–Crippen MR) is 139 cm³/mol. The normalized spacial score (nSPS) is 17.6. The van der Waals surface area contributed by atoms with Gasteiger partial charge in [0.1, 0.15) is 0 Å². The highest BCUT2D eigenvalue weighted by Gasteiger charge is 2.21. The fourth-order valence-electron chi connectivity index (χ4n) is 4.29. The molecule has 6 heteroatoms. The Labute approximate surface area is 204 Å². The van der Waals surface area contributed by atoms with Crippen LogP contribution in [0.1, 0.15) is 52.0 Å². The Morgan fingerprint density at radius 2 is 1.72 bits per heavy atom. The first-order valence-electron chi connectivity index (χ1n) is 11.5. The number of benzene rings is 2. The molecule has 2 heterocycles. The summed E-state index contributed by atoms with van der Waals surface area (Å²) in [6.07, 6.45) is 5.17. The number of aromatic nitrogens is 3. The largest absolute Gasteiger partial charge is 0.303 e. The molecule has 1 aromatic heterocycles. The third-order valence-electron chi connectivity index (χ3n) is 6.33. The van der Waals surface area contributed by atoms with Crippen LogP contribution < -0.4 is 0 Å². The molecule has 0 unspecified atom stereocenters. The van der Waals surface area contributed by atoms with Crippen molar-refractivity contribution < 1.29 is 0 Å². The summed E-state index contributed by atoms with van der Waals surface area (Å²) in [7, 11) is 2.26. The number of hydrogen-bond donors (Lipinski definition) is 0. The van der Waals surface area contributed by atoms with Crippen LogP contribution in [0.5, 0.6) is 0 Å². The maximum Gasteiger partial charge on any atom is 0.196 e. The van der Waals surface area contributed by atoms with Gasteiger partial charge in [-0.3, -0.25) is 4.57 Å². The zero-order valence-corrected chi connectivity index (χ0v) is 21.9. The third kappa shape index (κ3) is 5.46. The van der Waals surface area contributed by atoms with Crippen LogP contribution in [0.2, 0.25) is 0 Å². The van der Waals surface area contributed by atoms with E-state index in [1.54, 1.807) is 0 Å². The van der Waals surface area contributed by atoms with E-state index in [1.165, 1.54) is 37.8 Å². The summed E-state index contributed by atoms with van der Waals surface area (Å²) in [6.45, 7) is 7.94. The predicted octanol–water partition coefficient (Wildman–Crippen LogP) is 6.96. The molecule has 0 saturated carbocycles. The molecule has 1 aliphatic heterocycles. The minimum Gasteiger partial charge on any atom is -0.303 e. The summed E-state index contributed by atoms with van der Waals surface area (Å²) in [5.41, 5.74) is 3.63. The van der Waals surface area contributed by atoms with E-state index in [1.807, 2.05) is 11.8 Å². The lowest BCUT2D eigenvalue weighted by molar-refractivity contribution is 0.182. The van der Waals surface area contributed by atoms with E-state index >= 15 is 0 Å². The molecule has 4 rings (SSSR count). The molecule has 1 atom stereocenters. The van der Waals surface area contributed by atoms with Crippen molar-refractivity contribution in [1.82, 2.24) is 19.7 Å². The van der Waals surface area contributed by atoms with E-state index < -0.39 is 0 Å². The Kier molecular flexibility index (Phi) is 7.43. The molecule has 1 saturated heterocycles. The minimum absolute atomic E-state index is 0.130. The van der Waals surface area contributed by atoms with Crippen LogP contribution in [-0.4, -0.2) is 45.1 Å². The molecule has 1 aliphatic rings. The monoisotopic (exact) mass is 512 g/mol. The average Bonchev–Trinajstić information content (AvgIpc) is 3.19. The van der Waals surface area contributed by atoms with Crippen LogP contribution in [0, 0.1) is 0 Å². The van der Waals surface area contributed by atoms with Gasteiger partial charge in [-0.05, 0) is 68.1 Å². The highest BCUT2D eigenvalue weighted by molar-refractivity contribution is 9.10. The molecule has 32 heavy (non-hydrogen) atoms. The first-order chi connectivity index (χ1) is 15.3. The van der Waals surface area contributed by atoms with Gasteiger partial charge in [-0.25, -0.2) is 0 Å². The molecule has 4 nitrogen and oxygen atoms in total. The number of rotatable bonds is 6. The Morgan fingerprint density at radius 1 is 1.00 bits per heavy atom. The Morgan fingerprint density at radius 3 is 2.38 bits per heavy atom. The highest BCUT2D eigenvalue weighted by Crippen LogP contribution is 2.31. The quantitative estimate of drug-likeness (QED) is 0.334. The van der Waals surface area contributed by atoms with E-state index in [2.05, 4.69) is 112 Å². The topological polar surface area (TPSA) is 34.0 Å². The van der Waals surface area contributed by atoms with Crippen LogP contribution in [0.15, 0.2) is 58.2 Å². The zero-order chi connectivity index (χ0) is 22.7. The van der Waals surface area contributed by atoms with E-state index in [-0.39, 0.29) is 5.41 Å². The highest BCUT2D eigenvalue weighted by atomic mass is 79.9. The molecule has 0 amide bonds. The fraction of sp³-hybridized carbons (Fsp3) is 0.462. The van der Waals surface area contributed by atoms with Gasteiger partial charge in [0.25, 0.3) is 0 Å². The van der Waals surface area contributed by atoms with Crippen molar-refractivity contribution in [2.45, 2.75) is 63.1 Å². The van der Waals surface area contributed by atoms with Crippen molar-refractivity contribution in [2.24, 2.45) is 0 Å². The second kappa shape index (κ2) is 10.1. The smallest absolute Gasteiger partial charge is 0.196 e. The third-order valence-corrected chi connectivity index (χ3v) is 7.82. The van der Waals surface area contributed by atoms with Crippen molar-refractivity contribution in [3.05, 3.63) is 58.6 Å². The van der Waals surface area contributed by atoms with Gasteiger partial charge in [0.15, 0.2) is 11.0 Å². The summed E-state index contributed by atoms with van der Waals surface area (Å²) in [4.78, 5) is 2.52. The van der Waals surface area contributed by atoms with Gasteiger partial charge >= 0.3 is 0 Å². The summed E-state index contributed by atoms with van der Waals surface area (Å²) in [6, 6.07) is 17.9. The molecule has 0 bridgehead atoms. The van der Waals surface area contributed by atoms with E-state index in [0.717, 1.165) is 32.5 Å². The lowest BCUT2D eigenvalue weighted by Gasteiger charge is -2.32. The number of likely N-dealkylation sites (tertiary alicyclic amines) is 1. The van der Waals surface area contributed by atoms with Crippen molar-refractivity contribution in [2.75, 3.05) is 19.3 Å². The molecule has 1 fully saturated rings. The number of halogens is 1. The second-order valence-corrected chi connectivity index (χ2v) is 11.7. The van der Waals surface area contributed by atoms with Crippen molar-refractivity contribution in [1.29, 1.82) is 0 Å². The standard InChI is InChI=1S/C26H33BrN4S/c1-26(2,3)20-10-8-19(9-11-20)24-28-29-25(31(24)23-14-12-21(27)13-15-23)32-18-16-22-7-5-6-17-30(22)4/h8-15,22H,5-7,16-18H2,1-4H3/t22-/m0/s1. The minimum atomic E-state index is 0.130. The van der Waals surface area contributed by atoms with Gasteiger partial charge in [-0.1, -0.05) is 79.1 Å². The van der Waals surface area contributed by atoms with Crippen LogP contribution in [0.25, 0.3) is 17.1 Å². The van der Waals surface area contributed by atoms with E-state index in [9.17, 15) is 0 Å². The molecule has 0 aliphatic carbocycles. The molecule has 0 spiro atoms. The van der Waals surface area contributed by atoms with Gasteiger partial charge in [-0.15, -0.1) is 10.2 Å². The molecule has 3 aromatic rings. The maximum absolute atomic E-state index is 4.63. The lowest BCUT2D eigenvalue weighted by atomic mass is 9.87. The zero-order valence-electron chi connectivity index (χ0n) is 19.5. The van der Waals surface area contributed by atoms with Crippen molar-refractivity contribution in [3.8, 4) is 17.1 Å². The average molecular weight is 514 g/mol. The van der Waals surface area contributed by atoms with Gasteiger partial charge in [0.05, 0.1) is 0 Å². The first kappa shape index (κ1) is 23.5. The van der Waals surface area contributed by atoms with Gasteiger partial charge in [0.2, 0.25) is 0 Å². The van der Waals surface area contributed by atoms with Gasteiger partial charge in [0, 0.05) is 27.5 Å². The molecule has 0 N–H and O–H groups in total. The number of hydrogen-bond acceptors (Lipinski definition) is 4. The molecule has 2 aromatic carbocycles.